The van der Waals surface area contributed by atoms with Gasteiger partial charge in [0.25, 0.3) is 11.8 Å². The van der Waals surface area contributed by atoms with Crippen LogP contribution in [0, 0.1) is 0 Å². The summed E-state index contributed by atoms with van der Waals surface area (Å²) < 4.78 is 0. The molecule has 1 heterocycles. The maximum Gasteiger partial charge on any atom is 0.269 e. The highest BCUT2D eigenvalue weighted by atomic mass is 16.6. The van der Waals surface area contributed by atoms with Gasteiger partial charge < -0.3 is 20.6 Å². The third kappa shape index (κ3) is 4.38. The Balaban J connectivity index is 1.39. The summed E-state index contributed by atoms with van der Waals surface area (Å²) in [5.74, 6) is -0.477. The summed E-state index contributed by atoms with van der Waals surface area (Å²) in [6.45, 7) is 0.555. The van der Waals surface area contributed by atoms with Crippen molar-refractivity contribution < 1.29 is 19.5 Å². The zero-order valence-corrected chi connectivity index (χ0v) is 14.0. The van der Waals surface area contributed by atoms with Gasteiger partial charge in [0.15, 0.2) is 6.10 Å². The number of oxime groups is 1. The molecule has 2 aromatic carbocycles. The maximum absolute atomic E-state index is 12.1. The molecule has 0 spiro atoms. The number of amides is 2. The van der Waals surface area contributed by atoms with Gasteiger partial charge in [0, 0.05) is 25.1 Å². The Labute approximate surface area is 150 Å². The van der Waals surface area contributed by atoms with Crippen molar-refractivity contribution in [2.45, 2.75) is 12.5 Å². The standard InChI is InChI=1S/C19H19N3O4/c23-15-8-6-14(7-9-15)18(24)20-10-11-21-19(25)16-12-17(26-22-16)13-4-2-1-3-5-13/h1-9,17,23H,10-12H2,(H,20,24)(H,21,25)/t17-/m1/s1. The van der Waals surface area contributed by atoms with Crippen LogP contribution in [0.2, 0.25) is 0 Å². The van der Waals surface area contributed by atoms with Crippen LogP contribution in [0.4, 0.5) is 0 Å². The summed E-state index contributed by atoms with van der Waals surface area (Å²) in [5.41, 5.74) is 1.75. The maximum atomic E-state index is 12.1. The first-order valence-corrected chi connectivity index (χ1v) is 8.26. The lowest BCUT2D eigenvalue weighted by molar-refractivity contribution is -0.114. The minimum Gasteiger partial charge on any atom is -0.508 e. The Morgan fingerprint density at radius 3 is 2.35 bits per heavy atom. The summed E-state index contributed by atoms with van der Waals surface area (Å²) in [6.07, 6.45) is 0.168. The molecule has 2 amide bonds. The van der Waals surface area contributed by atoms with Crippen LogP contribution in [0.5, 0.6) is 5.75 Å². The molecule has 134 valence electrons. The molecule has 0 saturated heterocycles. The third-order valence-corrected chi connectivity index (χ3v) is 3.93. The molecule has 0 fully saturated rings. The lowest BCUT2D eigenvalue weighted by atomic mass is 10.0. The average molecular weight is 353 g/mol. The third-order valence-electron chi connectivity index (χ3n) is 3.93. The number of aromatic hydroxyl groups is 1. The van der Waals surface area contributed by atoms with E-state index < -0.39 is 0 Å². The average Bonchev–Trinajstić information content (AvgIpc) is 3.16. The fraction of sp³-hybridized carbons (Fsp3) is 0.211. The molecule has 0 unspecified atom stereocenters. The molecule has 0 bridgehead atoms. The highest BCUT2D eigenvalue weighted by molar-refractivity contribution is 6.39. The van der Waals surface area contributed by atoms with Crippen LogP contribution in [0.25, 0.3) is 0 Å². The molecule has 0 saturated carbocycles. The van der Waals surface area contributed by atoms with Crippen LogP contribution in [-0.2, 0) is 9.63 Å². The highest BCUT2D eigenvalue weighted by Crippen LogP contribution is 2.26. The van der Waals surface area contributed by atoms with E-state index in [4.69, 9.17) is 4.84 Å². The number of phenols is 1. The lowest BCUT2D eigenvalue weighted by Gasteiger charge is -2.08. The van der Waals surface area contributed by atoms with E-state index >= 15 is 0 Å². The highest BCUT2D eigenvalue weighted by Gasteiger charge is 2.26. The van der Waals surface area contributed by atoms with Crippen molar-refractivity contribution in [3.63, 3.8) is 0 Å². The fourth-order valence-corrected chi connectivity index (χ4v) is 2.53. The molecule has 1 atom stereocenters. The Morgan fingerprint density at radius 2 is 1.65 bits per heavy atom. The van der Waals surface area contributed by atoms with E-state index in [1.165, 1.54) is 24.3 Å². The van der Waals surface area contributed by atoms with E-state index in [0.717, 1.165) is 5.56 Å². The Hall–Kier alpha value is -3.35. The number of phenolic OH excluding ortho intramolecular Hbond substituents is 1. The molecule has 7 heteroatoms. The van der Waals surface area contributed by atoms with Gasteiger partial charge in [-0.1, -0.05) is 35.5 Å². The number of nitrogens with one attached hydrogen (secondary N) is 2. The molecule has 3 rings (SSSR count). The monoisotopic (exact) mass is 353 g/mol. The molecule has 26 heavy (non-hydrogen) atoms. The van der Waals surface area contributed by atoms with Crippen molar-refractivity contribution in [2.75, 3.05) is 13.1 Å². The first-order chi connectivity index (χ1) is 12.6. The second kappa shape index (κ2) is 8.15. The van der Waals surface area contributed by atoms with Crippen LogP contribution in [0.15, 0.2) is 59.8 Å². The second-order valence-corrected chi connectivity index (χ2v) is 5.81. The smallest absolute Gasteiger partial charge is 0.269 e. The van der Waals surface area contributed by atoms with Gasteiger partial charge in [-0.15, -0.1) is 0 Å². The lowest BCUT2D eigenvalue weighted by Crippen LogP contribution is -2.37. The van der Waals surface area contributed by atoms with Crippen molar-refractivity contribution in [1.82, 2.24) is 10.6 Å². The molecular formula is C19H19N3O4. The topological polar surface area (TPSA) is 100 Å². The minimum absolute atomic E-state index is 0.0992. The molecule has 0 aliphatic carbocycles. The largest absolute Gasteiger partial charge is 0.508 e. The first-order valence-electron chi connectivity index (χ1n) is 8.26. The van der Waals surface area contributed by atoms with E-state index in [0.29, 0.717) is 17.7 Å². The Morgan fingerprint density at radius 1 is 1.00 bits per heavy atom. The molecular weight excluding hydrogens is 334 g/mol. The molecule has 0 aromatic heterocycles. The Kier molecular flexibility index (Phi) is 5.48. The molecule has 3 N–H and O–H groups in total. The molecule has 0 radical (unpaired) electrons. The van der Waals surface area contributed by atoms with E-state index in [-0.39, 0.29) is 36.8 Å². The normalized spacial score (nSPS) is 15.7. The van der Waals surface area contributed by atoms with Gasteiger partial charge in [-0.05, 0) is 29.8 Å². The van der Waals surface area contributed by atoms with Crippen molar-refractivity contribution >= 4 is 17.5 Å². The van der Waals surface area contributed by atoms with Gasteiger partial charge in [-0.3, -0.25) is 9.59 Å². The summed E-state index contributed by atoms with van der Waals surface area (Å²) in [7, 11) is 0. The molecule has 7 nitrogen and oxygen atoms in total. The number of carbonyl (C=O) groups excluding carboxylic acids is 2. The minimum atomic E-state index is -0.303. The van der Waals surface area contributed by atoms with Crippen molar-refractivity contribution in [3.05, 3.63) is 65.7 Å². The number of hydrogen-bond donors (Lipinski definition) is 3. The van der Waals surface area contributed by atoms with Gasteiger partial charge in [-0.2, -0.15) is 0 Å². The number of hydrogen-bond acceptors (Lipinski definition) is 5. The zero-order valence-electron chi connectivity index (χ0n) is 14.0. The van der Waals surface area contributed by atoms with Gasteiger partial charge in [-0.25, -0.2) is 0 Å². The van der Waals surface area contributed by atoms with Gasteiger partial charge >= 0.3 is 0 Å². The van der Waals surface area contributed by atoms with Gasteiger partial charge in [0.1, 0.15) is 11.5 Å². The predicted molar refractivity (Wildman–Crippen MR) is 95.8 cm³/mol. The van der Waals surface area contributed by atoms with E-state index in [9.17, 15) is 14.7 Å². The van der Waals surface area contributed by atoms with Crippen LogP contribution < -0.4 is 10.6 Å². The van der Waals surface area contributed by atoms with Crippen molar-refractivity contribution in [2.24, 2.45) is 5.16 Å². The summed E-state index contributed by atoms with van der Waals surface area (Å²) in [6, 6.07) is 15.5. The number of rotatable bonds is 6. The molecule has 2 aromatic rings. The van der Waals surface area contributed by atoms with Gasteiger partial charge in [0.2, 0.25) is 0 Å². The predicted octanol–water partition coefficient (Wildman–Crippen LogP) is 1.76. The van der Waals surface area contributed by atoms with Crippen LogP contribution >= 0.6 is 0 Å². The first kappa shape index (κ1) is 17.5. The summed E-state index contributed by atoms with van der Waals surface area (Å²) in [5, 5.41) is 18.5. The number of nitrogens with zero attached hydrogens (tertiary/aromatic N) is 1. The SMILES string of the molecule is O=C(NCCNC(=O)c1ccc(O)cc1)C1=NO[C@@H](c2ccccc2)C1. The number of benzene rings is 2. The van der Waals surface area contributed by atoms with Crippen LogP contribution in [-0.4, -0.2) is 35.7 Å². The quantitative estimate of drug-likeness (QED) is 0.689. The Bertz CT molecular complexity index is 803. The van der Waals surface area contributed by atoms with Gasteiger partial charge in [0.05, 0.1) is 0 Å². The van der Waals surface area contributed by atoms with Crippen LogP contribution in [0.3, 0.4) is 0 Å². The second-order valence-electron chi connectivity index (χ2n) is 5.81. The molecule has 1 aliphatic heterocycles. The fourth-order valence-electron chi connectivity index (χ4n) is 2.53. The van der Waals surface area contributed by atoms with E-state index in [2.05, 4.69) is 15.8 Å². The van der Waals surface area contributed by atoms with E-state index in [1.54, 1.807) is 0 Å². The van der Waals surface area contributed by atoms with E-state index in [1.807, 2.05) is 30.3 Å². The van der Waals surface area contributed by atoms with Crippen LogP contribution in [0.1, 0.15) is 28.4 Å². The number of carbonyl (C=O) groups is 2. The molecule has 1 aliphatic rings. The summed E-state index contributed by atoms with van der Waals surface area (Å²) >= 11 is 0. The van der Waals surface area contributed by atoms with Crippen molar-refractivity contribution in [1.29, 1.82) is 0 Å². The van der Waals surface area contributed by atoms with Crippen molar-refractivity contribution in [3.8, 4) is 5.75 Å². The zero-order chi connectivity index (χ0) is 18.4. The summed E-state index contributed by atoms with van der Waals surface area (Å²) in [4.78, 5) is 29.3.